The molecule has 1 nitrogen and oxygen atoms in total. The lowest BCUT2D eigenvalue weighted by Crippen LogP contribution is -1.93. The van der Waals surface area contributed by atoms with E-state index in [-0.39, 0.29) is 13.3 Å². The Balaban J connectivity index is 2.69. The predicted octanol–water partition coefficient (Wildman–Crippen LogP) is 0.670. The van der Waals surface area contributed by atoms with Crippen LogP contribution >= 0.6 is 0 Å². The Labute approximate surface area is 59.8 Å². The summed E-state index contributed by atoms with van der Waals surface area (Å²) in [5.74, 6) is -0.235. The van der Waals surface area contributed by atoms with Crippen molar-refractivity contribution in [1.29, 1.82) is 0 Å². The van der Waals surface area contributed by atoms with Crippen LogP contribution in [-0.2, 0) is 6.32 Å². The Bertz CT molecular complexity index is 197. The molecule has 0 saturated carbocycles. The van der Waals surface area contributed by atoms with Crippen molar-refractivity contribution < 1.29 is 9.41 Å². The average molecular weight is 138 g/mol. The molecule has 0 radical (unpaired) electrons. The van der Waals surface area contributed by atoms with Crippen molar-refractivity contribution in [2.24, 2.45) is 0 Å². The summed E-state index contributed by atoms with van der Waals surface area (Å²) in [5, 5.41) is 8.50. The predicted molar refractivity (Wildman–Crippen MR) is 39.5 cm³/mol. The van der Waals surface area contributed by atoms with Gasteiger partial charge in [-0.1, -0.05) is 17.7 Å². The van der Waals surface area contributed by atoms with E-state index in [9.17, 15) is 4.39 Å². The summed E-state index contributed by atoms with van der Waals surface area (Å²) in [6.07, 6.45) is 0.597. The van der Waals surface area contributed by atoms with E-state index in [4.69, 9.17) is 5.02 Å². The highest BCUT2D eigenvalue weighted by atomic mass is 19.1. The molecule has 1 N–H and O–H groups in total. The molecule has 0 unspecified atom stereocenters. The zero-order valence-corrected chi connectivity index (χ0v) is 5.55. The van der Waals surface area contributed by atoms with Gasteiger partial charge in [0.2, 0.25) is 0 Å². The van der Waals surface area contributed by atoms with Crippen molar-refractivity contribution >= 4 is 7.48 Å². The van der Waals surface area contributed by atoms with Gasteiger partial charge in [-0.25, -0.2) is 4.39 Å². The van der Waals surface area contributed by atoms with Crippen LogP contribution in [0.2, 0.25) is 0 Å². The third kappa shape index (κ3) is 1.85. The molecule has 1 aromatic rings. The molecule has 0 spiro atoms. The van der Waals surface area contributed by atoms with Gasteiger partial charge in [-0.3, -0.25) is 0 Å². The second kappa shape index (κ2) is 3.37. The van der Waals surface area contributed by atoms with Crippen LogP contribution < -0.4 is 0 Å². The lowest BCUT2D eigenvalue weighted by atomic mass is 9.90. The molecular formula is C7H8BFO. The van der Waals surface area contributed by atoms with Gasteiger partial charge in [-0.2, -0.15) is 0 Å². The second-order valence-corrected chi connectivity index (χ2v) is 2.10. The molecule has 0 heterocycles. The number of halogens is 1. The van der Waals surface area contributed by atoms with Crippen LogP contribution in [0.5, 0.6) is 0 Å². The molecule has 0 aliphatic heterocycles. The van der Waals surface area contributed by atoms with E-state index >= 15 is 0 Å². The first-order valence-electron chi connectivity index (χ1n) is 3.18. The minimum Gasteiger partial charge on any atom is -0.454 e. The SMILES string of the molecule is OBCc1ccc(F)cc1. The molecule has 0 fully saturated rings. The maximum Gasteiger partial charge on any atom is 0.275 e. The fourth-order valence-electron chi connectivity index (χ4n) is 0.780. The normalized spacial score (nSPS) is 9.40. The van der Waals surface area contributed by atoms with Crippen LogP contribution in [0.4, 0.5) is 4.39 Å². The topological polar surface area (TPSA) is 20.2 Å². The van der Waals surface area contributed by atoms with Gasteiger partial charge in [0.15, 0.2) is 0 Å². The molecule has 1 aromatic carbocycles. The zero-order chi connectivity index (χ0) is 7.40. The minimum atomic E-state index is -0.235. The van der Waals surface area contributed by atoms with E-state index in [0.29, 0.717) is 6.32 Å². The molecule has 0 aromatic heterocycles. The van der Waals surface area contributed by atoms with Gasteiger partial charge in [-0.15, -0.1) is 0 Å². The van der Waals surface area contributed by atoms with E-state index in [1.165, 1.54) is 12.1 Å². The zero-order valence-electron chi connectivity index (χ0n) is 5.55. The molecule has 0 aliphatic carbocycles. The lowest BCUT2D eigenvalue weighted by Gasteiger charge is -1.94. The van der Waals surface area contributed by atoms with Crippen LogP contribution in [0.25, 0.3) is 0 Å². The van der Waals surface area contributed by atoms with Crippen LogP contribution in [0.1, 0.15) is 5.56 Å². The highest BCUT2D eigenvalue weighted by Crippen LogP contribution is 2.01. The summed E-state index contributed by atoms with van der Waals surface area (Å²) in [7, 11) is 0.117. The van der Waals surface area contributed by atoms with Crippen molar-refractivity contribution in [3.05, 3.63) is 35.6 Å². The Hall–Kier alpha value is -0.825. The van der Waals surface area contributed by atoms with Gasteiger partial charge >= 0.3 is 0 Å². The second-order valence-electron chi connectivity index (χ2n) is 2.10. The summed E-state index contributed by atoms with van der Waals surface area (Å²) in [5.41, 5.74) is 0.962. The first-order valence-corrected chi connectivity index (χ1v) is 3.18. The van der Waals surface area contributed by atoms with E-state index in [2.05, 4.69) is 0 Å². The molecule has 0 atom stereocenters. The minimum absolute atomic E-state index is 0.117. The summed E-state index contributed by atoms with van der Waals surface area (Å²) < 4.78 is 12.3. The van der Waals surface area contributed by atoms with Gasteiger partial charge in [0.25, 0.3) is 7.48 Å². The summed E-state index contributed by atoms with van der Waals surface area (Å²) in [4.78, 5) is 0. The molecule has 52 valence electrons. The van der Waals surface area contributed by atoms with Crippen LogP contribution in [0.15, 0.2) is 24.3 Å². The van der Waals surface area contributed by atoms with Crippen LogP contribution in [0.3, 0.4) is 0 Å². The Morgan fingerprint density at radius 1 is 1.30 bits per heavy atom. The van der Waals surface area contributed by atoms with E-state index in [1.807, 2.05) is 0 Å². The quantitative estimate of drug-likeness (QED) is 0.595. The van der Waals surface area contributed by atoms with Gasteiger partial charge < -0.3 is 5.02 Å². The average Bonchev–Trinajstić information content (AvgIpc) is 1.95. The number of benzene rings is 1. The van der Waals surface area contributed by atoms with E-state index in [0.717, 1.165) is 5.56 Å². The highest BCUT2D eigenvalue weighted by Gasteiger charge is 1.92. The van der Waals surface area contributed by atoms with Crippen molar-refractivity contribution in [3.63, 3.8) is 0 Å². The lowest BCUT2D eigenvalue weighted by molar-refractivity contribution is 0.600. The van der Waals surface area contributed by atoms with Gasteiger partial charge in [0, 0.05) is 0 Å². The third-order valence-electron chi connectivity index (χ3n) is 1.31. The molecular weight excluding hydrogens is 130 g/mol. The van der Waals surface area contributed by atoms with Crippen molar-refractivity contribution in [2.45, 2.75) is 6.32 Å². The van der Waals surface area contributed by atoms with E-state index in [1.54, 1.807) is 12.1 Å². The van der Waals surface area contributed by atoms with Gasteiger partial charge in [0.1, 0.15) is 5.82 Å². The Morgan fingerprint density at radius 3 is 2.40 bits per heavy atom. The smallest absolute Gasteiger partial charge is 0.275 e. The first kappa shape index (κ1) is 7.28. The molecule has 10 heavy (non-hydrogen) atoms. The molecule has 0 saturated heterocycles. The molecule has 1 rings (SSSR count). The van der Waals surface area contributed by atoms with Crippen LogP contribution in [0, 0.1) is 5.82 Å². The van der Waals surface area contributed by atoms with E-state index < -0.39 is 0 Å². The van der Waals surface area contributed by atoms with Crippen LogP contribution in [-0.4, -0.2) is 12.5 Å². The maximum atomic E-state index is 12.3. The Kier molecular flexibility index (Phi) is 2.45. The van der Waals surface area contributed by atoms with Crippen molar-refractivity contribution in [1.82, 2.24) is 0 Å². The summed E-state index contributed by atoms with van der Waals surface area (Å²) in [6, 6.07) is 6.13. The third-order valence-corrected chi connectivity index (χ3v) is 1.31. The standard InChI is InChI=1S/C7H8BFO/c9-7-3-1-6(2-4-7)5-8-10/h1-4,8,10H,5H2. The maximum absolute atomic E-state index is 12.3. The first-order chi connectivity index (χ1) is 4.83. The van der Waals surface area contributed by atoms with Crippen molar-refractivity contribution in [2.75, 3.05) is 0 Å². The molecule has 0 amide bonds. The van der Waals surface area contributed by atoms with Crippen molar-refractivity contribution in [3.8, 4) is 0 Å². The Morgan fingerprint density at radius 2 is 1.90 bits per heavy atom. The molecule has 3 heteroatoms. The highest BCUT2D eigenvalue weighted by molar-refractivity contribution is 6.24. The largest absolute Gasteiger partial charge is 0.454 e. The molecule has 0 bridgehead atoms. The number of hydrogen-bond acceptors (Lipinski definition) is 1. The molecule has 0 aliphatic rings. The number of hydrogen-bond donors (Lipinski definition) is 1. The monoisotopic (exact) mass is 138 g/mol. The fraction of sp³-hybridized carbons (Fsp3) is 0.143. The summed E-state index contributed by atoms with van der Waals surface area (Å²) in [6.45, 7) is 0. The summed E-state index contributed by atoms with van der Waals surface area (Å²) >= 11 is 0. The van der Waals surface area contributed by atoms with Gasteiger partial charge in [0.05, 0.1) is 0 Å². The van der Waals surface area contributed by atoms with Gasteiger partial charge in [-0.05, 0) is 18.5 Å². The fourth-order valence-corrected chi connectivity index (χ4v) is 0.780. The number of rotatable bonds is 2.